The molecule has 1 fully saturated rings. The van der Waals surface area contributed by atoms with Gasteiger partial charge in [-0.05, 0) is 55.3 Å². The predicted molar refractivity (Wildman–Crippen MR) is 125 cm³/mol. The van der Waals surface area contributed by atoms with E-state index < -0.39 is 0 Å². The molecular formula is C23H22ClN3O3S. The lowest BCUT2D eigenvalue weighted by atomic mass is 9.94. The molecule has 2 heterocycles. The molecule has 6 nitrogen and oxygen atoms in total. The Balaban J connectivity index is 1.60. The summed E-state index contributed by atoms with van der Waals surface area (Å²) < 4.78 is 5.06. The minimum absolute atomic E-state index is 0.213. The van der Waals surface area contributed by atoms with Gasteiger partial charge in [0, 0.05) is 28.6 Å². The smallest absolute Gasteiger partial charge is 0.338 e. The van der Waals surface area contributed by atoms with Gasteiger partial charge in [-0.3, -0.25) is 4.79 Å². The van der Waals surface area contributed by atoms with Crippen LogP contribution in [0.15, 0.2) is 64.8 Å². The number of aliphatic imine (C=N–C) groups is 1. The van der Waals surface area contributed by atoms with Gasteiger partial charge < -0.3 is 15.0 Å². The number of amides is 1. The second kappa shape index (κ2) is 9.16. The van der Waals surface area contributed by atoms with E-state index in [1.165, 1.54) is 7.11 Å². The van der Waals surface area contributed by atoms with Gasteiger partial charge in [-0.1, -0.05) is 35.5 Å². The number of allylic oxidation sites excluding steroid dienone is 1. The summed E-state index contributed by atoms with van der Waals surface area (Å²) in [5.74, 6) is 0.425. The van der Waals surface area contributed by atoms with Crippen molar-refractivity contribution in [2.45, 2.75) is 19.4 Å². The molecule has 0 radical (unpaired) electrons. The SMILES string of the molecule is COC(=O)C1=C(C)N=C2SCCCN2C1c1ccc(NC(=O)c2ccc(Cl)cc2)cc1. The van der Waals surface area contributed by atoms with E-state index in [2.05, 4.69) is 15.2 Å². The topological polar surface area (TPSA) is 71.0 Å². The first-order valence-corrected chi connectivity index (χ1v) is 11.3. The van der Waals surface area contributed by atoms with Crippen molar-refractivity contribution in [2.24, 2.45) is 4.99 Å². The summed E-state index contributed by atoms with van der Waals surface area (Å²) in [4.78, 5) is 31.9. The van der Waals surface area contributed by atoms with Crippen LogP contribution in [0.2, 0.25) is 5.02 Å². The Morgan fingerprint density at radius 3 is 2.55 bits per heavy atom. The van der Waals surface area contributed by atoms with E-state index in [1.54, 1.807) is 36.0 Å². The summed E-state index contributed by atoms with van der Waals surface area (Å²) in [7, 11) is 1.39. The maximum Gasteiger partial charge on any atom is 0.338 e. The van der Waals surface area contributed by atoms with Crippen molar-refractivity contribution in [3.63, 3.8) is 0 Å². The van der Waals surface area contributed by atoms with Gasteiger partial charge in [0.25, 0.3) is 5.91 Å². The summed E-state index contributed by atoms with van der Waals surface area (Å²) >= 11 is 7.59. The van der Waals surface area contributed by atoms with Crippen LogP contribution in [0.3, 0.4) is 0 Å². The van der Waals surface area contributed by atoms with Crippen LogP contribution in [0.5, 0.6) is 0 Å². The minimum Gasteiger partial charge on any atom is -0.466 e. The first kappa shape index (κ1) is 21.5. The van der Waals surface area contributed by atoms with Crippen LogP contribution >= 0.6 is 23.4 Å². The summed E-state index contributed by atoms with van der Waals surface area (Å²) in [5, 5.41) is 4.40. The van der Waals surface area contributed by atoms with Gasteiger partial charge in [0.2, 0.25) is 0 Å². The zero-order chi connectivity index (χ0) is 22.0. The van der Waals surface area contributed by atoms with Gasteiger partial charge in [-0.25, -0.2) is 9.79 Å². The summed E-state index contributed by atoms with van der Waals surface area (Å²) in [5.41, 5.74) is 3.36. The van der Waals surface area contributed by atoms with Crippen LogP contribution in [-0.2, 0) is 9.53 Å². The van der Waals surface area contributed by atoms with Crippen LogP contribution in [-0.4, -0.2) is 41.4 Å². The third-order valence-corrected chi connectivity index (χ3v) is 6.58. The monoisotopic (exact) mass is 455 g/mol. The Hall–Kier alpha value is -2.77. The van der Waals surface area contributed by atoms with Crippen molar-refractivity contribution in [1.29, 1.82) is 0 Å². The van der Waals surface area contributed by atoms with Gasteiger partial charge >= 0.3 is 5.97 Å². The van der Waals surface area contributed by atoms with Crippen molar-refractivity contribution < 1.29 is 14.3 Å². The first-order chi connectivity index (χ1) is 15.0. The van der Waals surface area contributed by atoms with Crippen LogP contribution in [0.25, 0.3) is 0 Å². The highest BCUT2D eigenvalue weighted by atomic mass is 35.5. The first-order valence-electron chi connectivity index (χ1n) is 9.92. The van der Waals surface area contributed by atoms with Crippen molar-refractivity contribution in [2.75, 3.05) is 24.7 Å². The quantitative estimate of drug-likeness (QED) is 0.664. The van der Waals surface area contributed by atoms with Gasteiger partial charge in [-0.2, -0.15) is 0 Å². The molecule has 2 aliphatic rings. The lowest BCUT2D eigenvalue weighted by Gasteiger charge is -2.40. The van der Waals surface area contributed by atoms with Crippen molar-refractivity contribution >= 4 is 46.1 Å². The molecule has 0 bridgehead atoms. The van der Waals surface area contributed by atoms with Crippen molar-refractivity contribution in [3.05, 3.63) is 76.0 Å². The molecule has 2 aromatic rings. The second-order valence-electron chi connectivity index (χ2n) is 7.27. The van der Waals surface area contributed by atoms with Crippen LogP contribution in [0.1, 0.15) is 35.3 Å². The fraction of sp³-hybridized carbons (Fsp3) is 0.261. The molecule has 1 N–H and O–H groups in total. The van der Waals surface area contributed by atoms with E-state index in [9.17, 15) is 9.59 Å². The normalized spacial score (nSPS) is 18.2. The fourth-order valence-corrected chi connectivity index (χ4v) is 4.89. The number of esters is 1. The van der Waals surface area contributed by atoms with Gasteiger partial charge in [0.15, 0.2) is 5.17 Å². The number of carbonyl (C=O) groups excluding carboxylic acids is 2. The zero-order valence-electron chi connectivity index (χ0n) is 17.2. The average Bonchev–Trinajstić information content (AvgIpc) is 2.78. The second-order valence-corrected chi connectivity index (χ2v) is 8.76. The molecule has 160 valence electrons. The van der Waals surface area contributed by atoms with Gasteiger partial charge in [0.1, 0.15) is 0 Å². The highest BCUT2D eigenvalue weighted by molar-refractivity contribution is 8.13. The van der Waals surface area contributed by atoms with Crippen LogP contribution in [0.4, 0.5) is 5.69 Å². The number of benzene rings is 2. The third kappa shape index (κ3) is 4.48. The fourth-order valence-electron chi connectivity index (χ4n) is 3.74. The number of carbonyl (C=O) groups is 2. The largest absolute Gasteiger partial charge is 0.466 e. The average molecular weight is 456 g/mol. The molecule has 8 heteroatoms. The molecular weight excluding hydrogens is 434 g/mol. The van der Waals surface area contributed by atoms with E-state index in [0.29, 0.717) is 27.5 Å². The zero-order valence-corrected chi connectivity index (χ0v) is 18.8. The molecule has 1 amide bonds. The number of hydrogen-bond acceptors (Lipinski definition) is 6. The van der Waals surface area contributed by atoms with Gasteiger partial charge in [-0.15, -0.1) is 0 Å². The lowest BCUT2D eigenvalue weighted by molar-refractivity contribution is -0.136. The van der Waals surface area contributed by atoms with Crippen LogP contribution in [0, 0.1) is 0 Å². The molecule has 0 aromatic heterocycles. The molecule has 2 aliphatic heterocycles. The Bertz CT molecular complexity index is 1060. The van der Waals surface area contributed by atoms with Crippen molar-refractivity contribution in [1.82, 2.24) is 4.90 Å². The molecule has 0 saturated carbocycles. The molecule has 31 heavy (non-hydrogen) atoms. The number of rotatable bonds is 4. The highest BCUT2D eigenvalue weighted by Crippen LogP contribution is 2.40. The van der Waals surface area contributed by atoms with Crippen molar-refractivity contribution in [3.8, 4) is 0 Å². The van der Waals surface area contributed by atoms with E-state index in [4.69, 9.17) is 16.3 Å². The Labute approximate surface area is 190 Å². The molecule has 0 aliphatic carbocycles. The number of methoxy groups -OCH3 is 1. The van der Waals surface area contributed by atoms with E-state index in [-0.39, 0.29) is 17.9 Å². The number of ether oxygens (including phenoxy) is 1. The molecule has 4 rings (SSSR count). The van der Waals surface area contributed by atoms with Crippen LogP contribution < -0.4 is 5.32 Å². The Morgan fingerprint density at radius 2 is 1.87 bits per heavy atom. The number of amidine groups is 1. The molecule has 0 spiro atoms. The number of thioether (sulfide) groups is 1. The lowest BCUT2D eigenvalue weighted by Crippen LogP contribution is -2.42. The molecule has 2 aromatic carbocycles. The minimum atomic E-state index is -0.374. The number of hydrogen-bond donors (Lipinski definition) is 1. The summed E-state index contributed by atoms with van der Waals surface area (Å²) in [6, 6.07) is 14.0. The van der Waals surface area contributed by atoms with E-state index >= 15 is 0 Å². The molecule has 1 saturated heterocycles. The number of nitrogens with zero attached hydrogens (tertiary/aromatic N) is 2. The number of fused-ring (bicyclic) bond motifs is 1. The molecule has 1 unspecified atom stereocenters. The maximum atomic E-state index is 12.6. The maximum absolute atomic E-state index is 12.6. The Morgan fingerprint density at radius 1 is 1.16 bits per heavy atom. The summed E-state index contributed by atoms with van der Waals surface area (Å²) in [6.45, 7) is 2.67. The standard InChI is InChI=1S/C23H22ClN3O3S/c1-14-19(22(29)30-2)20(27-12-3-13-31-23(27)25-14)15-6-10-18(11-7-15)26-21(28)16-4-8-17(24)9-5-16/h4-11,20H,3,12-13H2,1-2H3,(H,26,28). The van der Waals surface area contributed by atoms with E-state index in [1.807, 2.05) is 31.2 Å². The molecule has 1 atom stereocenters. The Kier molecular flexibility index (Phi) is 6.34. The highest BCUT2D eigenvalue weighted by Gasteiger charge is 2.37. The van der Waals surface area contributed by atoms with E-state index in [0.717, 1.165) is 29.4 Å². The number of nitrogens with one attached hydrogen (secondary N) is 1. The van der Waals surface area contributed by atoms with Gasteiger partial charge in [0.05, 0.1) is 24.4 Å². The number of anilines is 1. The summed E-state index contributed by atoms with van der Waals surface area (Å²) in [6.07, 6.45) is 1.02. The third-order valence-electron chi connectivity index (χ3n) is 5.25. The number of halogens is 1. The predicted octanol–water partition coefficient (Wildman–Crippen LogP) is 4.89.